The summed E-state index contributed by atoms with van der Waals surface area (Å²) >= 11 is 0. The van der Waals surface area contributed by atoms with Crippen molar-refractivity contribution in [3.05, 3.63) is 10.7 Å². The molecular weight excluding hydrogens is 208 g/mol. The fourth-order valence-electron chi connectivity index (χ4n) is 1.25. The van der Waals surface area contributed by atoms with Crippen LogP contribution in [0.3, 0.4) is 0 Å². The lowest BCUT2D eigenvalue weighted by Crippen LogP contribution is -2.28. The third-order valence-electron chi connectivity index (χ3n) is 1.86. The van der Waals surface area contributed by atoms with Crippen LogP contribution in [0.25, 0.3) is 0 Å². The fraction of sp³-hybridized carbons (Fsp3) is 0.625. The van der Waals surface area contributed by atoms with E-state index in [-0.39, 0.29) is 24.0 Å². The SMILES string of the molecule is CC(C)C1=C(C(=O)O)S(=O)(=O)CCO1. The van der Waals surface area contributed by atoms with Crippen LogP contribution in [-0.2, 0) is 19.4 Å². The van der Waals surface area contributed by atoms with Gasteiger partial charge in [-0.25, -0.2) is 13.2 Å². The second kappa shape index (κ2) is 3.61. The van der Waals surface area contributed by atoms with Crippen molar-refractivity contribution >= 4 is 15.8 Å². The van der Waals surface area contributed by atoms with E-state index >= 15 is 0 Å². The quantitative estimate of drug-likeness (QED) is 0.727. The van der Waals surface area contributed by atoms with Gasteiger partial charge in [-0.05, 0) is 0 Å². The number of sulfone groups is 1. The number of ether oxygens (including phenoxy) is 1. The third-order valence-corrected chi connectivity index (χ3v) is 3.56. The zero-order valence-corrected chi connectivity index (χ0v) is 8.80. The van der Waals surface area contributed by atoms with Gasteiger partial charge in [-0.3, -0.25) is 0 Å². The minimum atomic E-state index is -3.66. The number of rotatable bonds is 2. The number of aliphatic carboxylic acids is 1. The lowest BCUT2D eigenvalue weighted by molar-refractivity contribution is -0.132. The number of hydrogen-bond donors (Lipinski definition) is 1. The zero-order chi connectivity index (χ0) is 10.9. The van der Waals surface area contributed by atoms with Crippen molar-refractivity contribution in [1.29, 1.82) is 0 Å². The third kappa shape index (κ3) is 1.89. The second-order valence-electron chi connectivity index (χ2n) is 3.32. The number of carboxylic acid groups (broad SMARTS) is 1. The molecule has 0 amide bonds. The Morgan fingerprint density at radius 1 is 1.50 bits per heavy atom. The molecule has 80 valence electrons. The average Bonchev–Trinajstić information content (AvgIpc) is 2.00. The van der Waals surface area contributed by atoms with Crippen LogP contribution < -0.4 is 0 Å². The number of allylic oxidation sites excluding steroid dienone is 1. The Balaban J connectivity index is 3.35. The van der Waals surface area contributed by atoms with E-state index < -0.39 is 20.7 Å². The molecule has 0 unspecified atom stereocenters. The number of carbonyl (C=O) groups is 1. The first-order valence-corrected chi connectivity index (χ1v) is 5.84. The molecule has 1 aliphatic rings. The van der Waals surface area contributed by atoms with Crippen LogP contribution >= 0.6 is 0 Å². The molecule has 1 aliphatic heterocycles. The zero-order valence-electron chi connectivity index (χ0n) is 7.98. The molecule has 14 heavy (non-hydrogen) atoms. The summed E-state index contributed by atoms with van der Waals surface area (Å²) in [7, 11) is -3.66. The van der Waals surface area contributed by atoms with E-state index in [0.29, 0.717) is 0 Å². The van der Waals surface area contributed by atoms with Gasteiger partial charge in [-0.2, -0.15) is 0 Å². The van der Waals surface area contributed by atoms with Gasteiger partial charge in [0, 0.05) is 5.92 Å². The van der Waals surface area contributed by atoms with Crippen LogP contribution in [0.15, 0.2) is 10.7 Å². The normalized spacial score (nSPS) is 20.8. The molecule has 0 saturated heterocycles. The van der Waals surface area contributed by atoms with Crippen LogP contribution in [0.2, 0.25) is 0 Å². The van der Waals surface area contributed by atoms with Crippen molar-refractivity contribution in [1.82, 2.24) is 0 Å². The molecule has 0 fully saturated rings. The van der Waals surface area contributed by atoms with Gasteiger partial charge in [0.05, 0.1) is 5.75 Å². The Kier molecular flexibility index (Phi) is 2.84. The highest BCUT2D eigenvalue weighted by atomic mass is 32.2. The maximum Gasteiger partial charge on any atom is 0.350 e. The van der Waals surface area contributed by atoms with Crippen molar-refractivity contribution < 1.29 is 23.1 Å². The van der Waals surface area contributed by atoms with Gasteiger partial charge >= 0.3 is 5.97 Å². The second-order valence-corrected chi connectivity index (χ2v) is 5.37. The summed E-state index contributed by atoms with van der Waals surface area (Å²) in [4.78, 5) is 10.2. The molecule has 0 atom stereocenters. The summed E-state index contributed by atoms with van der Waals surface area (Å²) in [6, 6.07) is 0. The van der Waals surface area contributed by atoms with Crippen LogP contribution in [0.1, 0.15) is 13.8 Å². The predicted molar refractivity (Wildman–Crippen MR) is 49.2 cm³/mol. The van der Waals surface area contributed by atoms with E-state index in [0.717, 1.165) is 0 Å². The summed E-state index contributed by atoms with van der Waals surface area (Å²) in [5.41, 5.74) is 0. The van der Waals surface area contributed by atoms with Gasteiger partial charge < -0.3 is 9.84 Å². The monoisotopic (exact) mass is 220 g/mol. The molecule has 0 bridgehead atoms. The lowest BCUT2D eigenvalue weighted by Gasteiger charge is -2.21. The Morgan fingerprint density at radius 3 is 2.43 bits per heavy atom. The first-order valence-electron chi connectivity index (χ1n) is 4.19. The molecular formula is C8H12O5S. The fourth-order valence-corrected chi connectivity index (χ4v) is 2.62. The Bertz CT molecular complexity index is 377. The summed E-state index contributed by atoms with van der Waals surface area (Å²) < 4.78 is 27.9. The smallest absolute Gasteiger partial charge is 0.350 e. The Labute approximate surface area is 82.3 Å². The minimum Gasteiger partial charge on any atom is -0.495 e. The van der Waals surface area contributed by atoms with E-state index in [1.807, 2.05) is 0 Å². The van der Waals surface area contributed by atoms with E-state index in [9.17, 15) is 13.2 Å². The first-order chi connectivity index (χ1) is 6.36. The van der Waals surface area contributed by atoms with Crippen LogP contribution in [0.5, 0.6) is 0 Å². The van der Waals surface area contributed by atoms with Crippen LogP contribution in [-0.4, -0.2) is 31.9 Å². The highest BCUT2D eigenvalue weighted by Gasteiger charge is 2.34. The summed E-state index contributed by atoms with van der Waals surface area (Å²) in [5, 5.41) is 8.78. The van der Waals surface area contributed by atoms with E-state index in [2.05, 4.69) is 0 Å². The summed E-state index contributed by atoms with van der Waals surface area (Å²) in [6.45, 7) is 3.42. The van der Waals surface area contributed by atoms with Crippen molar-refractivity contribution in [2.75, 3.05) is 12.4 Å². The van der Waals surface area contributed by atoms with Crippen LogP contribution in [0, 0.1) is 5.92 Å². The summed E-state index contributed by atoms with van der Waals surface area (Å²) in [5.74, 6) is -1.88. The topological polar surface area (TPSA) is 80.7 Å². The van der Waals surface area contributed by atoms with Crippen molar-refractivity contribution in [3.63, 3.8) is 0 Å². The molecule has 5 nitrogen and oxygen atoms in total. The van der Waals surface area contributed by atoms with Gasteiger partial charge in [0.2, 0.25) is 0 Å². The molecule has 0 radical (unpaired) electrons. The molecule has 0 aliphatic carbocycles. The van der Waals surface area contributed by atoms with Crippen molar-refractivity contribution in [2.24, 2.45) is 5.92 Å². The van der Waals surface area contributed by atoms with E-state index in [1.165, 1.54) is 0 Å². The van der Waals surface area contributed by atoms with Gasteiger partial charge in [-0.1, -0.05) is 13.8 Å². The minimum absolute atomic E-state index is 0.0344. The van der Waals surface area contributed by atoms with Crippen LogP contribution in [0.4, 0.5) is 0 Å². The van der Waals surface area contributed by atoms with Gasteiger partial charge in [0.25, 0.3) is 0 Å². The van der Waals surface area contributed by atoms with Gasteiger partial charge in [-0.15, -0.1) is 0 Å². The lowest BCUT2D eigenvalue weighted by atomic mass is 10.1. The maximum atomic E-state index is 11.4. The van der Waals surface area contributed by atoms with Crippen molar-refractivity contribution in [2.45, 2.75) is 13.8 Å². The summed E-state index contributed by atoms with van der Waals surface area (Å²) in [6.07, 6.45) is 0. The molecule has 0 aromatic rings. The highest BCUT2D eigenvalue weighted by Crippen LogP contribution is 2.25. The Morgan fingerprint density at radius 2 is 2.07 bits per heavy atom. The average molecular weight is 220 g/mol. The van der Waals surface area contributed by atoms with Gasteiger partial charge in [0.15, 0.2) is 14.7 Å². The molecule has 1 heterocycles. The number of hydrogen-bond acceptors (Lipinski definition) is 4. The van der Waals surface area contributed by atoms with E-state index in [4.69, 9.17) is 9.84 Å². The molecule has 0 aromatic carbocycles. The van der Waals surface area contributed by atoms with E-state index in [1.54, 1.807) is 13.8 Å². The molecule has 0 spiro atoms. The molecule has 1 N–H and O–H groups in total. The highest BCUT2D eigenvalue weighted by molar-refractivity contribution is 7.96. The number of carboxylic acids is 1. The molecule has 1 rings (SSSR count). The Hall–Kier alpha value is -1.04. The largest absolute Gasteiger partial charge is 0.495 e. The molecule has 0 aromatic heterocycles. The maximum absolute atomic E-state index is 11.4. The predicted octanol–water partition coefficient (Wildman–Crippen LogP) is 0.384. The molecule has 0 saturated carbocycles. The molecule has 6 heteroatoms. The standard InChI is InChI=1S/C8H12O5S/c1-5(2)6-7(8(9)10)14(11,12)4-3-13-6/h5H,3-4H2,1-2H3,(H,9,10). The van der Waals surface area contributed by atoms with Gasteiger partial charge in [0.1, 0.15) is 12.4 Å². The first kappa shape index (κ1) is 11.0. The van der Waals surface area contributed by atoms with Crippen molar-refractivity contribution in [3.8, 4) is 0 Å².